The number of hydrogen-bond acceptors (Lipinski definition) is 5. The molecule has 1 saturated carbocycles. The molecule has 1 aliphatic heterocycles. The van der Waals surface area contributed by atoms with E-state index >= 15 is 0 Å². The van der Waals surface area contributed by atoms with E-state index in [2.05, 4.69) is 22.8 Å². The van der Waals surface area contributed by atoms with E-state index in [0.717, 1.165) is 37.4 Å². The van der Waals surface area contributed by atoms with Crippen molar-refractivity contribution < 1.29 is 19.0 Å². The van der Waals surface area contributed by atoms with Crippen LogP contribution in [0.15, 0.2) is 18.2 Å². The zero-order valence-corrected chi connectivity index (χ0v) is 17.4. The lowest BCUT2D eigenvalue weighted by Crippen LogP contribution is -2.56. The van der Waals surface area contributed by atoms with Crippen LogP contribution >= 0.6 is 0 Å². The van der Waals surface area contributed by atoms with Gasteiger partial charge >= 0.3 is 0 Å². The minimum Gasteiger partial charge on any atom is -0.493 e. The van der Waals surface area contributed by atoms with Crippen LogP contribution in [0.25, 0.3) is 0 Å². The van der Waals surface area contributed by atoms with Gasteiger partial charge in [0.05, 0.1) is 14.2 Å². The molecule has 156 valence electrons. The van der Waals surface area contributed by atoms with Gasteiger partial charge in [0.1, 0.15) is 5.60 Å². The van der Waals surface area contributed by atoms with Crippen molar-refractivity contribution in [2.75, 3.05) is 41.0 Å². The zero-order valence-electron chi connectivity index (χ0n) is 17.4. The van der Waals surface area contributed by atoms with Crippen LogP contribution < -0.4 is 20.1 Å². The fourth-order valence-electron chi connectivity index (χ4n) is 4.73. The molecule has 0 spiro atoms. The molecular formula is C22H34N2O4. The number of piperidine rings is 1. The number of amides is 1. The normalized spacial score (nSPS) is 21.0. The van der Waals surface area contributed by atoms with E-state index in [4.69, 9.17) is 14.2 Å². The van der Waals surface area contributed by atoms with Crippen LogP contribution in [0.3, 0.4) is 0 Å². The second-order valence-corrected chi connectivity index (χ2v) is 8.04. The van der Waals surface area contributed by atoms with Gasteiger partial charge in [-0.15, -0.1) is 0 Å². The first kappa shape index (κ1) is 20.9. The maximum Gasteiger partial charge on any atom is 0.252 e. The van der Waals surface area contributed by atoms with Crippen molar-refractivity contribution >= 4 is 5.91 Å². The Morgan fingerprint density at radius 2 is 1.68 bits per heavy atom. The second-order valence-electron chi connectivity index (χ2n) is 8.04. The number of ether oxygens (including phenoxy) is 3. The average Bonchev–Trinajstić information content (AvgIpc) is 2.78. The van der Waals surface area contributed by atoms with Crippen LogP contribution in [-0.4, -0.2) is 52.5 Å². The molecule has 0 aromatic heterocycles. The van der Waals surface area contributed by atoms with Crippen LogP contribution in [0.1, 0.15) is 50.5 Å². The average molecular weight is 391 g/mol. The number of nitrogens with one attached hydrogen (secondary N) is 2. The second kappa shape index (κ2) is 9.14. The van der Waals surface area contributed by atoms with Gasteiger partial charge in [-0.25, -0.2) is 0 Å². The Labute approximate surface area is 168 Å². The summed E-state index contributed by atoms with van der Waals surface area (Å²) >= 11 is 0. The standard InChI is InChI=1S/C22H34N2O4/c1-26-18-8-7-17(15-19(18)27-2)21(9-5-4-6-10-21)16-24-20(25)22(28-3)11-13-23-14-12-22/h7-8,15,23H,4-6,9-14,16H2,1-3H3,(H,24,25). The van der Waals surface area contributed by atoms with E-state index in [9.17, 15) is 4.79 Å². The summed E-state index contributed by atoms with van der Waals surface area (Å²) in [4.78, 5) is 13.1. The molecule has 1 amide bonds. The highest BCUT2D eigenvalue weighted by molar-refractivity contribution is 5.85. The molecule has 28 heavy (non-hydrogen) atoms. The molecule has 0 atom stereocenters. The molecule has 0 radical (unpaired) electrons. The van der Waals surface area contributed by atoms with E-state index < -0.39 is 5.60 Å². The Morgan fingerprint density at radius 1 is 1.00 bits per heavy atom. The van der Waals surface area contributed by atoms with Crippen molar-refractivity contribution in [3.63, 3.8) is 0 Å². The van der Waals surface area contributed by atoms with E-state index in [1.54, 1.807) is 21.3 Å². The first-order valence-electron chi connectivity index (χ1n) is 10.4. The quantitative estimate of drug-likeness (QED) is 0.749. The molecule has 2 aliphatic rings. The minimum absolute atomic E-state index is 0.0157. The Hall–Kier alpha value is -1.79. The van der Waals surface area contributed by atoms with Gasteiger partial charge < -0.3 is 24.8 Å². The summed E-state index contributed by atoms with van der Waals surface area (Å²) in [7, 11) is 4.96. The Bertz CT molecular complexity index is 665. The monoisotopic (exact) mass is 390 g/mol. The predicted molar refractivity (Wildman–Crippen MR) is 109 cm³/mol. The molecule has 6 nitrogen and oxygen atoms in total. The van der Waals surface area contributed by atoms with E-state index in [1.165, 1.54) is 24.8 Å². The molecule has 3 rings (SSSR count). The van der Waals surface area contributed by atoms with E-state index in [0.29, 0.717) is 19.4 Å². The topological polar surface area (TPSA) is 68.8 Å². The van der Waals surface area contributed by atoms with Crippen LogP contribution in [-0.2, 0) is 14.9 Å². The van der Waals surface area contributed by atoms with Crippen LogP contribution in [0.5, 0.6) is 11.5 Å². The molecule has 0 bridgehead atoms. The lowest BCUT2D eigenvalue weighted by molar-refractivity contribution is -0.147. The molecule has 2 N–H and O–H groups in total. The van der Waals surface area contributed by atoms with Gasteiger partial charge in [-0.2, -0.15) is 0 Å². The largest absolute Gasteiger partial charge is 0.493 e. The van der Waals surface area contributed by atoms with Crippen molar-refractivity contribution in [1.82, 2.24) is 10.6 Å². The third kappa shape index (κ3) is 4.13. The number of methoxy groups -OCH3 is 3. The highest BCUT2D eigenvalue weighted by Gasteiger charge is 2.42. The van der Waals surface area contributed by atoms with Crippen molar-refractivity contribution in [2.24, 2.45) is 0 Å². The van der Waals surface area contributed by atoms with Crippen LogP contribution in [0, 0.1) is 0 Å². The van der Waals surface area contributed by atoms with Gasteiger partial charge in [-0.3, -0.25) is 4.79 Å². The predicted octanol–water partition coefficient (Wildman–Crippen LogP) is 2.79. The maximum atomic E-state index is 13.1. The molecule has 1 heterocycles. The van der Waals surface area contributed by atoms with Gasteiger partial charge in [-0.1, -0.05) is 25.3 Å². The summed E-state index contributed by atoms with van der Waals surface area (Å²) in [5, 5.41) is 6.56. The van der Waals surface area contributed by atoms with Gasteiger partial charge in [0.2, 0.25) is 0 Å². The summed E-state index contributed by atoms with van der Waals surface area (Å²) in [6.45, 7) is 2.24. The Balaban J connectivity index is 1.81. The molecule has 0 unspecified atom stereocenters. The number of rotatable bonds is 7. The van der Waals surface area contributed by atoms with Gasteiger partial charge in [0, 0.05) is 19.1 Å². The highest BCUT2D eigenvalue weighted by atomic mass is 16.5. The Morgan fingerprint density at radius 3 is 2.29 bits per heavy atom. The number of hydrogen-bond donors (Lipinski definition) is 2. The van der Waals surface area contributed by atoms with Gasteiger partial charge in [0.15, 0.2) is 11.5 Å². The van der Waals surface area contributed by atoms with Gasteiger partial charge in [-0.05, 0) is 56.5 Å². The summed E-state index contributed by atoms with van der Waals surface area (Å²) in [5.74, 6) is 1.49. The van der Waals surface area contributed by atoms with Crippen LogP contribution in [0.2, 0.25) is 0 Å². The zero-order chi connectivity index (χ0) is 20.0. The Kier molecular flexibility index (Phi) is 6.83. The number of benzene rings is 1. The first-order chi connectivity index (χ1) is 13.6. The van der Waals surface area contributed by atoms with Crippen molar-refractivity contribution in [3.8, 4) is 11.5 Å². The number of carbonyl (C=O) groups is 1. The van der Waals surface area contributed by atoms with E-state index in [1.807, 2.05) is 6.07 Å². The van der Waals surface area contributed by atoms with E-state index in [-0.39, 0.29) is 11.3 Å². The fraction of sp³-hybridized carbons (Fsp3) is 0.682. The molecule has 6 heteroatoms. The minimum atomic E-state index is -0.710. The molecule has 2 fully saturated rings. The lowest BCUT2D eigenvalue weighted by atomic mass is 9.69. The molecular weight excluding hydrogens is 356 g/mol. The summed E-state index contributed by atoms with van der Waals surface area (Å²) in [5.41, 5.74) is 0.426. The van der Waals surface area contributed by atoms with Crippen LogP contribution in [0.4, 0.5) is 0 Å². The third-order valence-electron chi connectivity index (χ3n) is 6.61. The molecule has 1 aromatic rings. The SMILES string of the molecule is COc1ccc(C2(CNC(=O)C3(OC)CCNCC3)CCCCC2)cc1OC. The fourth-order valence-corrected chi connectivity index (χ4v) is 4.73. The number of carbonyl (C=O) groups excluding carboxylic acids is 1. The smallest absolute Gasteiger partial charge is 0.252 e. The summed E-state index contributed by atoms with van der Waals surface area (Å²) in [6.07, 6.45) is 7.12. The molecule has 1 saturated heterocycles. The first-order valence-corrected chi connectivity index (χ1v) is 10.4. The highest BCUT2D eigenvalue weighted by Crippen LogP contribution is 2.42. The lowest BCUT2D eigenvalue weighted by Gasteiger charge is -2.40. The molecule has 1 aromatic carbocycles. The van der Waals surface area contributed by atoms with Crippen molar-refractivity contribution in [2.45, 2.75) is 56.0 Å². The van der Waals surface area contributed by atoms with Crippen molar-refractivity contribution in [3.05, 3.63) is 23.8 Å². The van der Waals surface area contributed by atoms with Gasteiger partial charge in [0.25, 0.3) is 5.91 Å². The molecule has 1 aliphatic carbocycles. The summed E-state index contributed by atoms with van der Waals surface area (Å²) in [6, 6.07) is 6.16. The summed E-state index contributed by atoms with van der Waals surface area (Å²) < 4.78 is 16.6. The maximum absolute atomic E-state index is 13.1. The third-order valence-corrected chi connectivity index (χ3v) is 6.61. The van der Waals surface area contributed by atoms with Crippen molar-refractivity contribution in [1.29, 1.82) is 0 Å².